The van der Waals surface area contributed by atoms with Gasteiger partial charge in [0.2, 0.25) is 0 Å². The van der Waals surface area contributed by atoms with E-state index >= 15 is 0 Å². The molecular weight excluding hydrogens is 212 g/mol. The molecule has 0 aliphatic heterocycles. The van der Waals surface area contributed by atoms with Crippen LogP contribution in [0.15, 0.2) is 36.7 Å². The molecule has 0 fully saturated rings. The molecule has 1 aromatic carbocycles. The normalized spacial score (nSPS) is 9.71. The molecule has 0 spiro atoms. The van der Waals surface area contributed by atoms with E-state index in [0.29, 0.717) is 5.56 Å². The largest absolute Gasteiger partial charge is 0.496 e. The van der Waals surface area contributed by atoms with Gasteiger partial charge in [-0.15, -0.1) is 0 Å². The molecule has 0 radical (unpaired) electrons. The number of aromatic nitrogens is 1. The minimum absolute atomic E-state index is 0.661. The fourth-order valence-electron chi connectivity index (χ4n) is 1.80. The summed E-state index contributed by atoms with van der Waals surface area (Å²) < 4.78 is 5.31. The van der Waals surface area contributed by atoms with Gasteiger partial charge >= 0.3 is 0 Å². The number of hydrogen-bond acceptors (Lipinski definition) is 3. The molecule has 3 heteroatoms. The predicted octanol–water partition coefficient (Wildman–Crippen LogP) is 2.94. The Labute approximate surface area is 100 Å². The van der Waals surface area contributed by atoms with Gasteiger partial charge < -0.3 is 4.74 Å². The summed E-state index contributed by atoms with van der Waals surface area (Å²) in [6.45, 7) is 1.97. The van der Waals surface area contributed by atoms with Crippen LogP contribution in [0.2, 0.25) is 0 Å². The molecule has 0 aliphatic carbocycles. The molecule has 0 saturated heterocycles. The summed E-state index contributed by atoms with van der Waals surface area (Å²) in [6, 6.07) is 9.54. The molecule has 0 saturated carbocycles. The molecule has 0 aliphatic rings. The van der Waals surface area contributed by atoms with Crippen molar-refractivity contribution in [3.05, 3.63) is 47.8 Å². The van der Waals surface area contributed by atoms with Gasteiger partial charge in [0.05, 0.1) is 18.7 Å². The predicted molar refractivity (Wildman–Crippen MR) is 65.7 cm³/mol. The van der Waals surface area contributed by atoms with E-state index in [1.54, 1.807) is 25.6 Å². The number of methoxy groups -OCH3 is 1. The number of aryl methyl sites for hydroxylation is 1. The first-order valence-electron chi connectivity index (χ1n) is 5.25. The monoisotopic (exact) mass is 224 g/mol. The van der Waals surface area contributed by atoms with Crippen LogP contribution in [-0.2, 0) is 0 Å². The van der Waals surface area contributed by atoms with Gasteiger partial charge in [-0.3, -0.25) is 4.98 Å². The molecule has 1 aromatic heterocycles. The van der Waals surface area contributed by atoms with E-state index in [1.165, 1.54) is 0 Å². The highest BCUT2D eigenvalue weighted by atomic mass is 16.5. The summed E-state index contributed by atoms with van der Waals surface area (Å²) in [5.41, 5.74) is 3.68. The summed E-state index contributed by atoms with van der Waals surface area (Å²) in [5.74, 6) is 0.785. The van der Waals surface area contributed by atoms with Crippen molar-refractivity contribution < 1.29 is 4.74 Å². The summed E-state index contributed by atoms with van der Waals surface area (Å²) >= 11 is 0. The first kappa shape index (κ1) is 11.2. The Bertz CT molecular complexity index is 585. The number of benzene rings is 1. The first-order valence-corrected chi connectivity index (χ1v) is 5.25. The second-order valence-corrected chi connectivity index (χ2v) is 3.72. The molecule has 84 valence electrons. The summed E-state index contributed by atoms with van der Waals surface area (Å²) in [5, 5.41) is 8.84. The van der Waals surface area contributed by atoms with E-state index in [2.05, 4.69) is 11.1 Å². The maximum absolute atomic E-state index is 8.84. The lowest BCUT2D eigenvalue weighted by molar-refractivity contribution is 0.416. The van der Waals surface area contributed by atoms with Gasteiger partial charge in [-0.05, 0) is 36.2 Å². The second kappa shape index (κ2) is 4.67. The van der Waals surface area contributed by atoms with Crippen molar-refractivity contribution in [2.45, 2.75) is 6.92 Å². The van der Waals surface area contributed by atoms with Crippen LogP contribution >= 0.6 is 0 Å². The van der Waals surface area contributed by atoms with Crippen LogP contribution in [0, 0.1) is 18.3 Å². The van der Waals surface area contributed by atoms with Crippen molar-refractivity contribution in [3.8, 4) is 22.9 Å². The van der Waals surface area contributed by atoms with Crippen LogP contribution in [0.5, 0.6) is 5.75 Å². The van der Waals surface area contributed by atoms with Crippen molar-refractivity contribution in [1.29, 1.82) is 5.26 Å². The third kappa shape index (κ3) is 2.11. The van der Waals surface area contributed by atoms with Crippen LogP contribution in [0.1, 0.15) is 11.1 Å². The lowest BCUT2D eigenvalue weighted by Gasteiger charge is -2.10. The number of nitrogens with zero attached hydrogens (tertiary/aromatic N) is 2. The van der Waals surface area contributed by atoms with E-state index < -0.39 is 0 Å². The Kier molecular flexibility index (Phi) is 3.06. The summed E-state index contributed by atoms with van der Waals surface area (Å²) in [4.78, 5) is 4.11. The smallest absolute Gasteiger partial charge is 0.129 e. The average Bonchev–Trinajstić information content (AvgIpc) is 2.38. The number of nitriles is 1. The Morgan fingerprint density at radius 1 is 1.24 bits per heavy atom. The Balaban J connectivity index is 2.57. The highest BCUT2D eigenvalue weighted by molar-refractivity contribution is 5.73. The SMILES string of the molecule is COc1ccncc1-c1ccc(C#N)cc1C. The highest BCUT2D eigenvalue weighted by Gasteiger charge is 2.08. The zero-order chi connectivity index (χ0) is 12.3. The summed E-state index contributed by atoms with van der Waals surface area (Å²) in [6.07, 6.45) is 3.47. The molecule has 3 nitrogen and oxygen atoms in total. The number of rotatable bonds is 2. The van der Waals surface area contributed by atoms with Crippen LogP contribution in [0.3, 0.4) is 0 Å². The van der Waals surface area contributed by atoms with Crippen molar-refractivity contribution >= 4 is 0 Å². The fraction of sp³-hybridized carbons (Fsp3) is 0.143. The molecule has 0 unspecified atom stereocenters. The third-order valence-corrected chi connectivity index (χ3v) is 2.65. The lowest BCUT2D eigenvalue weighted by Crippen LogP contribution is -1.91. The topological polar surface area (TPSA) is 45.9 Å². The van der Waals surface area contributed by atoms with Crippen molar-refractivity contribution in [2.75, 3.05) is 7.11 Å². The van der Waals surface area contributed by atoms with Gasteiger partial charge in [0.15, 0.2) is 0 Å². The van der Waals surface area contributed by atoms with Crippen molar-refractivity contribution in [2.24, 2.45) is 0 Å². The highest BCUT2D eigenvalue weighted by Crippen LogP contribution is 2.31. The van der Waals surface area contributed by atoms with Gasteiger partial charge in [-0.1, -0.05) is 6.07 Å². The molecule has 0 bridgehead atoms. The van der Waals surface area contributed by atoms with Crippen LogP contribution in [-0.4, -0.2) is 12.1 Å². The second-order valence-electron chi connectivity index (χ2n) is 3.72. The van der Waals surface area contributed by atoms with Gasteiger partial charge in [0.25, 0.3) is 0 Å². The van der Waals surface area contributed by atoms with Crippen LogP contribution in [0.4, 0.5) is 0 Å². The minimum atomic E-state index is 0.661. The van der Waals surface area contributed by atoms with E-state index in [0.717, 1.165) is 22.4 Å². The maximum Gasteiger partial charge on any atom is 0.129 e. The number of ether oxygens (including phenoxy) is 1. The maximum atomic E-state index is 8.84. The van der Waals surface area contributed by atoms with Crippen LogP contribution in [0.25, 0.3) is 11.1 Å². The fourth-order valence-corrected chi connectivity index (χ4v) is 1.80. The van der Waals surface area contributed by atoms with E-state index in [-0.39, 0.29) is 0 Å². The van der Waals surface area contributed by atoms with Gasteiger partial charge in [-0.25, -0.2) is 0 Å². The Morgan fingerprint density at radius 3 is 2.71 bits per heavy atom. The molecule has 1 heterocycles. The average molecular weight is 224 g/mol. The minimum Gasteiger partial charge on any atom is -0.496 e. The molecule has 0 N–H and O–H groups in total. The quantitative estimate of drug-likeness (QED) is 0.787. The van der Waals surface area contributed by atoms with Crippen LogP contribution < -0.4 is 4.74 Å². The van der Waals surface area contributed by atoms with Gasteiger partial charge in [0.1, 0.15) is 5.75 Å². The molecular formula is C14H12N2O. The molecule has 2 aromatic rings. The number of hydrogen-bond donors (Lipinski definition) is 0. The molecule has 0 atom stereocenters. The number of pyridine rings is 1. The van der Waals surface area contributed by atoms with Crippen molar-refractivity contribution in [1.82, 2.24) is 4.98 Å². The summed E-state index contributed by atoms with van der Waals surface area (Å²) in [7, 11) is 1.64. The Hall–Kier alpha value is -2.34. The third-order valence-electron chi connectivity index (χ3n) is 2.65. The molecule has 0 amide bonds. The zero-order valence-corrected chi connectivity index (χ0v) is 9.77. The molecule has 2 rings (SSSR count). The first-order chi connectivity index (χ1) is 8.26. The van der Waals surface area contributed by atoms with Gasteiger partial charge in [0, 0.05) is 18.0 Å². The van der Waals surface area contributed by atoms with Crippen molar-refractivity contribution in [3.63, 3.8) is 0 Å². The van der Waals surface area contributed by atoms with E-state index in [4.69, 9.17) is 10.00 Å². The zero-order valence-electron chi connectivity index (χ0n) is 9.77. The standard InChI is InChI=1S/C14H12N2O/c1-10-7-11(8-15)3-4-12(10)13-9-16-6-5-14(13)17-2/h3-7,9H,1-2H3. The molecule has 17 heavy (non-hydrogen) atoms. The lowest BCUT2D eigenvalue weighted by atomic mass is 9.99. The Morgan fingerprint density at radius 2 is 2.06 bits per heavy atom. The van der Waals surface area contributed by atoms with E-state index in [9.17, 15) is 0 Å². The van der Waals surface area contributed by atoms with E-state index in [1.807, 2.05) is 25.1 Å². The van der Waals surface area contributed by atoms with Gasteiger partial charge in [-0.2, -0.15) is 5.26 Å².